The molecule has 1 saturated heterocycles. The number of hydrogen-bond donors (Lipinski definition) is 0. The summed E-state index contributed by atoms with van der Waals surface area (Å²) in [5.41, 5.74) is 1.79. The molecule has 0 radical (unpaired) electrons. The first-order chi connectivity index (χ1) is 9.72. The number of aromatic nitrogens is 1. The topological polar surface area (TPSA) is 33.2 Å². The van der Waals surface area contributed by atoms with Crippen molar-refractivity contribution in [3.8, 4) is 0 Å². The summed E-state index contributed by atoms with van der Waals surface area (Å²) in [7, 11) is 0. The first kappa shape index (κ1) is 11.9. The molecule has 4 rings (SSSR count). The van der Waals surface area contributed by atoms with Crippen molar-refractivity contribution in [2.45, 2.75) is 38.6 Å². The zero-order chi connectivity index (χ0) is 13.7. The molecule has 0 bridgehead atoms. The van der Waals surface area contributed by atoms with Crippen molar-refractivity contribution in [1.82, 2.24) is 4.98 Å². The highest BCUT2D eigenvalue weighted by molar-refractivity contribution is 6.10. The molecule has 2 atom stereocenters. The highest BCUT2D eigenvalue weighted by Gasteiger charge is 2.58. The van der Waals surface area contributed by atoms with Gasteiger partial charge in [0.25, 0.3) is 0 Å². The number of hydrogen-bond acceptors (Lipinski definition) is 2. The van der Waals surface area contributed by atoms with Crippen LogP contribution in [0.5, 0.6) is 0 Å². The number of β-lactam (4-membered cyclic amide) rings is 1. The normalized spacial score (nSPS) is 29.1. The van der Waals surface area contributed by atoms with E-state index >= 15 is 0 Å². The number of pyridine rings is 1. The van der Waals surface area contributed by atoms with Gasteiger partial charge in [0.15, 0.2) is 0 Å². The van der Waals surface area contributed by atoms with Crippen molar-refractivity contribution >= 4 is 22.5 Å². The van der Waals surface area contributed by atoms with Crippen LogP contribution >= 0.6 is 0 Å². The van der Waals surface area contributed by atoms with Crippen molar-refractivity contribution in [3.63, 3.8) is 0 Å². The fourth-order valence-corrected chi connectivity index (χ4v) is 3.89. The van der Waals surface area contributed by atoms with E-state index < -0.39 is 0 Å². The minimum absolute atomic E-state index is 0.130. The summed E-state index contributed by atoms with van der Waals surface area (Å²) in [5.74, 6) is 0.278. The molecule has 1 aliphatic heterocycles. The highest BCUT2D eigenvalue weighted by atomic mass is 16.2. The summed E-state index contributed by atoms with van der Waals surface area (Å²) in [6, 6.07) is 10.4. The third-order valence-corrected chi connectivity index (χ3v) is 5.05. The number of rotatable bonds is 1. The van der Waals surface area contributed by atoms with E-state index in [0.717, 1.165) is 29.4 Å². The van der Waals surface area contributed by atoms with Crippen LogP contribution in [-0.2, 0) is 4.79 Å². The highest BCUT2D eigenvalue weighted by Crippen LogP contribution is 2.51. The van der Waals surface area contributed by atoms with Crippen LogP contribution in [0, 0.1) is 5.41 Å². The van der Waals surface area contributed by atoms with Crippen LogP contribution in [0.3, 0.4) is 0 Å². The molecule has 0 N–H and O–H groups in total. The number of benzene rings is 1. The van der Waals surface area contributed by atoms with Gasteiger partial charge in [0.1, 0.15) is 0 Å². The molecule has 20 heavy (non-hydrogen) atoms. The molecule has 2 heterocycles. The van der Waals surface area contributed by atoms with Gasteiger partial charge < -0.3 is 4.90 Å². The van der Waals surface area contributed by atoms with E-state index in [2.05, 4.69) is 24.0 Å². The average Bonchev–Trinajstić information content (AvgIpc) is 2.49. The smallest absolute Gasteiger partial charge is 0.235 e. The molecule has 1 aromatic heterocycles. The summed E-state index contributed by atoms with van der Waals surface area (Å²) < 4.78 is 0. The Morgan fingerprint density at radius 1 is 1.25 bits per heavy atom. The van der Waals surface area contributed by atoms with Crippen molar-refractivity contribution in [1.29, 1.82) is 0 Å². The Kier molecular flexibility index (Phi) is 2.40. The number of carbonyl (C=O) groups is 1. The van der Waals surface area contributed by atoms with E-state index in [-0.39, 0.29) is 11.3 Å². The summed E-state index contributed by atoms with van der Waals surface area (Å²) in [6.45, 7) is 2.13. The Hall–Kier alpha value is -1.90. The summed E-state index contributed by atoms with van der Waals surface area (Å²) in [5, 5.41) is 1.10. The standard InChI is InChI=1S/C17H18N2O/c1-17-10-3-2-9-14(17)19(16(17)20)13-8-4-6-12-7-5-11-18-15(12)13/h4-8,11,14H,2-3,9-10H2,1H3/t14-,17+/m1/s1. The maximum absolute atomic E-state index is 12.7. The molecule has 0 unspecified atom stereocenters. The molecular formula is C17H18N2O. The molecular weight excluding hydrogens is 248 g/mol. The third kappa shape index (κ3) is 1.41. The van der Waals surface area contributed by atoms with Gasteiger partial charge in [-0.25, -0.2) is 0 Å². The Balaban J connectivity index is 1.83. The fraction of sp³-hybridized carbons (Fsp3) is 0.412. The number of carbonyl (C=O) groups excluding carboxylic acids is 1. The molecule has 2 aromatic rings. The van der Waals surface area contributed by atoms with E-state index in [4.69, 9.17) is 0 Å². The lowest BCUT2D eigenvalue weighted by molar-refractivity contribution is -0.141. The van der Waals surface area contributed by atoms with Crippen molar-refractivity contribution in [3.05, 3.63) is 36.5 Å². The average molecular weight is 266 g/mol. The molecule has 1 amide bonds. The predicted octanol–water partition coefficient (Wildman–Crippen LogP) is 3.53. The molecule has 3 heteroatoms. The maximum Gasteiger partial charge on any atom is 0.235 e. The Bertz CT molecular complexity index is 691. The Labute approximate surface area is 118 Å². The predicted molar refractivity (Wildman–Crippen MR) is 79.6 cm³/mol. The molecule has 1 aromatic carbocycles. The van der Waals surface area contributed by atoms with Crippen LogP contribution in [0.1, 0.15) is 32.6 Å². The van der Waals surface area contributed by atoms with Gasteiger partial charge in [-0.2, -0.15) is 0 Å². The lowest BCUT2D eigenvalue weighted by Gasteiger charge is -2.57. The van der Waals surface area contributed by atoms with Crippen molar-refractivity contribution in [2.75, 3.05) is 4.90 Å². The van der Waals surface area contributed by atoms with Gasteiger partial charge in [-0.1, -0.05) is 31.0 Å². The molecule has 2 aliphatic rings. The monoisotopic (exact) mass is 266 g/mol. The molecule has 1 aliphatic carbocycles. The summed E-state index contributed by atoms with van der Waals surface area (Å²) in [6.07, 6.45) is 6.36. The van der Waals surface area contributed by atoms with Crippen molar-refractivity contribution < 1.29 is 4.79 Å². The van der Waals surface area contributed by atoms with Gasteiger partial charge in [0.2, 0.25) is 5.91 Å². The minimum atomic E-state index is -0.130. The largest absolute Gasteiger partial charge is 0.306 e. The summed E-state index contributed by atoms with van der Waals surface area (Å²) in [4.78, 5) is 19.1. The second kappa shape index (κ2) is 4.05. The lowest BCUT2D eigenvalue weighted by atomic mass is 9.63. The number of amides is 1. The van der Waals surface area contributed by atoms with Gasteiger partial charge in [-0.3, -0.25) is 9.78 Å². The molecule has 3 nitrogen and oxygen atoms in total. The Morgan fingerprint density at radius 2 is 2.10 bits per heavy atom. The molecule has 0 spiro atoms. The van der Waals surface area contributed by atoms with E-state index in [1.54, 1.807) is 6.20 Å². The maximum atomic E-state index is 12.7. The van der Waals surface area contributed by atoms with Gasteiger partial charge in [0, 0.05) is 11.6 Å². The minimum Gasteiger partial charge on any atom is -0.306 e. The number of fused-ring (bicyclic) bond motifs is 2. The molecule has 102 valence electrons. The van der Waals surface area contributed by atoms with Gasteiger partial charge in [-0.15, -0.1) is 0 Å². The lowest BCUT2D eigenvalue weighted by Crippen LogP contribution is -2.69. The molecule has 1 saturated carbocycles. The SMILES string of the molecule is C[C@]12CCCC[C@H]1N(c1cccc3cccnc13)C2=O. The second-order valence-electron chi connectivity index (χ2n) is 6.21. The first-order valence-electron chi connectivity index (χ1n) is 7.39. The van der Waals surface area contributed by atoms with Crippen LogP contribution in [-0.4, -0.2) is 16.9 Å². The number of nitrogens with zero attached hydrogens (tertiary/aromatic N) is 2. The van der Waals surface area contributed by atoms with E-state index in [9.17, 15) is 4.79 Å². The Morgan fingerprint density at radius 3 is 3.00 bits per heavy atom. The van der Waals surface area contributed by atoms with Crippen LogP contribution < -0.4 is 4.90 Å². The number of anilines is 1. The van der Waals surface area contributed by atoms with E-state index in [1.165, 1.54) is 12.8 Å². The second-order valence-corrected chi connectivity index (χ2v) is 6.21. The summed E-state index contributed by atoms with van der Waals surface area (Å²) >= 11 is 0. The quantitative estimate of drug-likeness (QED) is 0.740. The van der Waals surface area contributed by atoms with Crippen LogP contribution in [0.15, 0.2) is 36.5 Å². The van der Waals surface area contributed by atoms with Crippen LogP contribution in [0.2, 0.25) is 0 Å². The first-order valence-corrected chi connectivity index (χ1v) is 7.39. The third-order valence-electron chi connectivity index (χ3n) is 5.05. The number of para-hydroxylation sites is 1. The zero-order valence-electron chi connectivity index (χ0n) is 11.7. The van der Waals surface area contributed by atoms with Crippen molar-refractivity contribution in [2.24, 2.45) is 5.41 Å². The zero-order valence-corrected chi connectivity index (χ0v) is 11.7. The molecule has 2 fully saturated rings. The van der Waals surface area contributed by atoms with Gasteiger partial charge >= 0.3 is 0 Å². The van der Waals surface area contributed by atoms with Crippen LogP contribution in [0.25, 0.3) is 10.9 Å². The van der Waals surface area contributed by atoms with Gasteiger partial charge in [-0.05, 0) is 31.9 Å². The fourth-order valence-electron chi connectivity index (χ4n) is 3.89. The van der Waals surface area contributed by atoms with E-state index in [1.807, 2.05) is 23.1 Å². The van der Waals surface area contributed by atoms with Crippen LogP contribution in [0.4, 0.5) is 5.69 Å². The van der Waals surface area contributed by atoms with E-state index in [0.29, 0.717) is 6.04 Å². The van der Waals surface area contributed by atoms with Gasteiger partial charge in [0.05, 0.1) is 22.7 Å².